The van der Waals surface area contributed by atoms with Crippen LogP contribution in [0.3, 0.4) is 0 Å². The van der Waals surface area contributed by atoms with Crippen molar-refractivity contribution in [3.63, 3.8) is 0 Å². The number of benzene rings is 1. The monoisotopic (exact) mass is 333 g/mol. The highest BCUT2D eigenvalue weighted by molar-refractivity contribution is 5.74. The summed E-state index contributed by atoms with van der Waals surface area (Å²) in [4.78, 5) is 16.5. The van der Waals surface area contributed by atoms with E-state index >= 15 is 0 Å². The van der Waals surface area contributed by atoms with Crippen molar-refractivity contribution in [1.29, 1.82) is 0 Å². The van der Waals surface area contributed by atoms with Gasteiger partial charge in [-0.3, -0.25) is 4.90 Å². The topological polar surface area (TPSA) is 55.8 Å². The number of urea groups is 1. The van der Waals surface area contributed by atoms with Gasteiger partial charge in [-0.15, -0.1) is 0 Å². The van der Waals surface area contributed by atoms with Gasteiger partial charge in [0.15, 0.2) is 0 Å². The van der Waals surface area contributed by atoms with Crippen LogP contribution in [0.4, 0.5) is 4.79 Å². The Morgan fingerprint density at radius 3 is 2.67 bits per heavy atom. The molecule has 5 nitrogen and oxygen atoms in total. The molecule has 0 unspecified atom stereocenters. The Balaban J connectivity index is 1.92. The summed E-state index contributed by atoms with van der Waals surface area (Å²) in [5.41, 5.74) is 2.71. The van der Waals surface area contributed by atoms with Crippen molar-refractivity contribution in [2.75, 3.05) is 32.8 Å². The third kappa shape index (κ3) is 4.71. The molecule has 1 heterocycles. The summed E-state index contributed by atoms with van der Waals surface area (Å²) < 4.78 is 0. The van der Waals surface area contributed by atoms with E-state index in [-0.39, 0.29) is 18.2 Å². The number of fused-ring (bicyclic) bond motifs is 1. The molecule has 24 heavy (non-hydrogen) atoms. The lowest BCUT2D eigenvalue weighted by Crippen LogP contribution is -2.55. The molecule has 0 aliphatic carbocycles. The average Bonchev–Trinajstić information content (AvgIpc) is 2.59. The van der Waals surface area contributed by atoms with Gasteiger partial charge in [-0.2, -0.15) is 0 Å². The minimum Gasteiger partial charge on any atom is -0.395 e. The largest absolute Gasteiger partial charge is 0.395 e. The third-order valence-electron chi connectivity index (χ3n) is 4.81. The van der Waals surface area contributed by atoms with E-state index in [1.807, 2.05) is 6.92 Å². The van der Waals surface area contributed by atoms with E-state index in [1.165, 1.54) is 11.1 Å². The Bertz CT molecular complexity index is 539. The van der Waals surface area contributed by atoms with Crippen LogP contribution in [0.1, 0.15) is 38.3 Å². The zero-order valence-electron chi connectivity index (χ0n) is 15.2. The van der Waals surface area contributed by atoms with Gasteiger partial charge in [-0.25, -0.2) is 4.79 Å². The predicted molar refractivity (Wildman–Crippen MR) is 97.0 cm³/mol. The molecule has 0 fully saturated rings. The van der Waals surface area contributed by atoms with E-state index < -0.39 is 0 Å². The molecule has 2 N–H and O–H groups in total. The summed E-state index contributed by atoms with van der Waals surface area (Å²) in [6.45, 7) is 9.98. The van der Waals surface area contributed by atoms with Gasteiger partial charge in [0, 0.05) is 38.3 Å². The van der Waals surface area contributed by atoms with E-state index in [0.29, 0.717) is 19.6 Å². The fraction of sp³-hybridized carbons (Fsp3) is 0.632. The SMILES string of the molecule is CCCN(CCO)C(=O)NCC(C)(C)N1CCc2ccccc2C1. The molecule has 5 heteroatoms. The van der Waals surface area contributed by atoms with Crippen LogP contribution in [0.5, 0.6) is 0 Å². The zero-order valence-corrected chi connectivity index (χ0v) is 15.2. The van der Waals surface area contributed by atoms with Crippen LogP contribution in [0.2, 0.25) is 0 Å². The van der Waals surface area contributed by atoms with Crippen molar-refractivity contribution in [2.24, 2.45) is 0 Å². The number of aliphatic hydroxyl groups is 1. The third-order valence-corrected chi connectivity index (χ3v) is 4.81. The molecule has 0 radical (unpaired) electrons. The molecule has 0 aromatic heterocycles. The Labute approximate surface area is 145 Å². The van der Waals surface area contributed by atoms with Gasteiger partial charge in [0.2, 0.25) is 0 Å². The Hall–Kier alpha value is -1.59. The molecule has 2 rings (SSSR count). The molecule has 0 saturated heterocycles. The summed E-state index contributed by atoms with van der Waals surface area (Å²) in [6.07, 6.45) is 1.94. The van der Waals surface area contributed by atoms with Crippen molar-refractivity contribution >= 4 is 6.03 Å². The second-order valence-electron chi connectivity index (χ2n) is 7.12. The van der Waals surface area contributed by atoms with Crippen LogP contribution in [0.25, 0.3) is 0 Å². The van der Waals surface area contributed by atoms with Crippen molar-refractivity contribution in [2.45, 2.75) is 45.7 Å². The van der Waals surface area contributed by atoms with Gasteiger partial charge < -0.3 is 15.3 Å². The standard InChI is InChI=1S/C19H31N3O2/c1-4-10-21(12-13-23)18(24)20-15-19(2,3)22-11-9-16-7-5-6-8-17(16)14-22/h5-8,23H,4,9-15H2,1-3H3,(H,20,24). The molecule has 134 valence electrons. The van der Waals surface area contributed by atoms with Crippen molar-refractivity contribution in [3.8, 4) is 0 Å². The van der Waals surface area contributed by atoms with Gasteiger partial charge in [-0.1, -0.05) is 31.2 Å². The normalized spacial score (nSPS) is 15.0. The number of nitrogens with one attached hydrogen (secondary N) is 1. The van der Waals surface area contributed by atoms with Crippen LogP contribution >= 0.6 is 0 Å². The predicted octanol–water partition coefficient (Wildman–Crippen LogP) is 2.24. The molecule has 0 saturated carbocycles. The number of amides is 2. The highest BCUT2D eigenvalue weighted by Gasteiger charge is 2.30. The van der Waals surface area contributed by atoms with E-state index in [4.69, 9.17) is 5.11 Å². The van der Waals surface area contributed by atoms with Gasteiger partial charge in [-0.05, 0) is 37.8 Å². The Morgan fingerprint density at radius 2 is 2.00 bits per heavy atom. The summed E-state index contributed by atoms with van der Waals surface area (Å²) >= 11 is 0. The van der Waals surface area contributed by atoms with E-state index in [0.717, 1.165) is 25.9 Å². The first kappa shape index (κ1) is 18.7. The highest BCUT2D eigenvalue weighted by Crippen LogP contribution is 2.24. The number of carbonyl (C=O) groups is 1. The van der Waals surface area contributed by atoms with E-state index in [2.05, 4.69) is 48.3 Å². The Morgan fingerprint density at radius 1 is 1.29 bits per heavy atom. The number of rotatable bonds is 7. The minimum absolute atomic E-state index is 0.000276. The maximum absolute atomic E-state index is 12.3. The minimum atomic E-state index is -0.111. The lowest BCUT2D eigenvalue weighted by atomic mass is 9.94. The molecule has 0 bridgehead atoms. The number of hydrogen-bond donors (Lipinski definition) is 2. The second-order valence-corrected chi connectivity index (χ2v) is 7.12. The molecular formula is C19H31N3O2. The molecule has 0 atom stereocenters. The molecular weight excluding hydrogens is 302 g/mol. The van der Waals surface area contributed by atoms with Crippen LogP contribution in [0.15, 0.2) is 24.3 Å². The van der Waals surface area contributed by atoms with E-state index in [9.17, 15) is 4.79 Å². The number of hydrogen-bond acceptors (Lipinski definition) is 3. The summed E-state index contributed by atoms with van der Waals surface area (Å²) in [5, 5.41) is 12.2. The first-order chi connectivity index (χ1) is 11.5. The van der Waals surface area contributed by atoms with Gasteiger partial charge >= 0.3 is 6.03 Å². The van der Waals surface area contributed by atoms with Crippen molar-refractivity contribution in [3.05, 3.63) is 35.4 Å². The van der Waals surface area contributed by atoms with Gasteiger partial charge in [0.1, 0.15) is 0 Å². The number of carbonyl (C=O) groups excluding carboxylic acids is 1. The van der Waals surface area contributed by atoms with Crippen LogP contribution in [-0.2, 0) is 13.0 Å². The maximum Gasteiger partial charge on any atom is 0.317 e. The molecule has 1 aliphatic heterocycles. The maximum atomic E-state index is 12.3. The summed E-state index contributed by atoms with van der Waals surface area (Å²) in [7, 11) is 0. The van der Waals surface area contributed by atoms with Crippen molar-refractivity contribution in [1.82, 2.24) is 15.1 Å². The summed E-state index contributed by atoms with van der Waals surface area (Å²) in [6, 6.07) is 8.51. The van der Waals surface area contributed by atoms with Crippen LogP contribution in [0, 0.1) is 0 Å². The Kier molecular flexibility index (Phi) is 6.63. The highest BCUT2D eigenvalue weighted by atomic mass is 16.3. The smallest absolute Gasteiger partial charge is 0.317 e. The molecule has 2 amide bonds. The first-order valence-corrected chi connectivity index (χ1v) is 8.93. The summed E-state index contributed by atoms with van der Waals surface area (Å²) in [5.74, 6) is 0. The van der Waals surface area contributed by atoms with Crippen molar-refractivity contribution < 1.29 is 9.90 Å². The average molecular weight is 333 g/mol. The molecule has 1 aromatic rings. The van der Waals surface area contributed by atoms with Crippen LogP contribution in [-0.4, -0.2) is 59.3 Å². The first-order valence-electron chi connectivity index (χ1n) is 8.93. The fourth-order valence-corrected chi connectivity index (χ4v) is 3.23. The lowest BCUT2D eigenvalue weighted by Gasteiger charge is -2.42. The fourth-order valence-electron chi connectivity index (χ4n) is 3.23. The molecule has 1 aromatic carbocycles. The number of nitrogens with zero attached hydrogens (tertiary/aromatic N) is 2. The second kappa shape index (κ2) is 8.49. The molecule has 1 aliphatic rings. The quantitative estimate of drug-likeness (QED) is 0.804. The van der Waals surface area contributed by atoms with Crippen LogP contribution < -0.4 is 5.32 Å². The lowest BCUT2D eigenvalue weighted by molar-refractivity contribution is 0.101. The molecule has 0 spiro atoms. The van der Waals surface area contributed by atoms with Gasteiger partial charge in [0.25, 0.3) is 0 Å². The zero-order chi connectivity index (χ0) is 17.6. The number of aliphatic hydroxyl groups excluding tert-OH is 1. The van der Waals surface area contributed by atoms with E-state index in [1.54, 1.807) is 4.90 Å². The van der Waals surface area contributed by atoms with Gasteiger partial charge in [0.05, 0.1) is 6.61 Å².